The molecule has 0 unspecified atom stereocenters. The molecule has 0 aliphatic carbocycles. The van der Waals surface area contributed by atoms with Gasteiger partial charge in [-0.3, -0.25) is 9.05 Å². The second-order valence-corrected chi connectivity index (χ2v) is 9.74. The minimum atomic E-state index is -4.03. The van der Waals surface area contributed by atoms with Gasteiger partial charge in [0.05, 0.1) is 13.2 Å². The number of rotatable bonds is 13. The van der Waals surface area contributed by atoms with Crippen molar-refractivity contribution in [2.24, 2.45) is 5.73 Å². The number of ether oxygens (including phenoxy) is 1. The molecule has 0 aromatic heterocycles. The maximum absolute atomic E-state index is 13.8. The molecule has 0 heterocycles. The van der Waals surface area contributed by atoms with Crippen molar-refractivity contribution in [2.45, 2.75) is 26.2 Å². The molecule has 2 N–H and O–H groups in total. The van der Waals surface area contributed by atoms with Gasteiger partial charge in [0.2, 0.25) is 0 Å². The first-order chi connectivity index (χ1) is 17.6. The average molecular weight is 504 g/mol. The molecule has 0 atom stereocenters. The van der Waals surface area contributed by atoms with Crippen molar-refractivity contribution in [1.82, 2.24) is 0 Å². The third-order valence-corrected chi connectivity index (χ3v) is 6.66. The average Bonchev–Trinajstić information content (AvgIpc) is 2.93. The Balaban J connectivity index is 1.56. The summed E-state index contributed by atoms with van der Waals surface area (Å²) in [5, 5.41) is 0. The molecule has 0 fully saturated rings. The van der Waals surface area contributed by atoms with Gasteiger partial charge in [-0.15, -0.1) is 0 Å². The third-order valence-electron chi connectivity index (χ3n) is 5.35. The summed E-state index contributed by atoms with van der Waals surface area (Å²) >= 11 is 0. The van der Waals surface area contributed by atoms with Crippen LogP contribution in [0.1, 0.15) is 22.3 Å². The highest BCUT2D eigenvalue weighted by molar-refractivity contribution is 7.48. The molecule has 4 rings (SSSR count). The van der Waals surface area contributed by atoms with Gasteiger partial charge in [-0.25, -0.2) is 4.57 Å². The molecular formula is C29H30NO5P. The Morgan fingerprint density at radius 1 is 0.583 bits per heavy atom. The maximum Gasteiger partial charge on any atom is 0.530 e. The molecule has 0 saturated heterocycles. The van der Waals surface area contributed by atoms with E-state index in [0.717, 1.165) is 22.3 Å². The highest BCUT2D eigenvalue weighted by atomic mass is 31.2. The van der Waals surface area contributed by atoms with Gasteiger partial charge in [0.15, 0.2) is 11.5 Å². The maximum atomic E-state index is 13.8. The zero-order valence-corrected chi connectivity index (χ0v) is 20.9. The van der Waals surface area contributed by atoms with Gasteiger partial charge in [0.1, 0.15) is 6.61 Å². The van der Waals surface area contributed by atoms with E-state index in [1.165, 1.54) is 0 Å². The summed E-state index contributed by atoms with van der Waals surface area (Å²) in [6.45, 7) is 0.956. The number of nitrogens with two attached hydrogens (primary N) is 1. The molecule has 0 radical (unpaired) electrons. The standard InChI is InChI=1S/C29H30NO5P/c30-19-18-24-16-17-28(29(20-24)32-21-25-10-4-1-5-11-25)35-36(31,33-22-26-12-6-2-7-13-26)34-23-27-14-8-3-9-15-27/h1-17,20H,18-19,21-23,30H2. The van der Waals surface area contributed by atoms with Crippen LogP contribution in [0.15, 0.2) is 109 Å². The SMILES string of the molecule is NCCc1ccc(OP(=O)(OCc2ccccc2)OCc2ccccc2)c(OCc2ccccc2)c1. The fraction of sp³-hybridized carbons (Fsp3) is 0.172. The predicted molar refractivity (Wildman–Crippen MR) is 141 cm³/mol. The van der Waals surface area contributed by atoms with Crippen LogP contribution >= 0.6 is 7.82 Å². The van der Waals surface area contributed by atoms with Gasteiger partial charge in [-0.2, -0.15) is 0 Å². The molecule has 0 spiro atoms. The Morgan fingerprint density at radius 2 is 1.08 bits per heavy atom. The van der Waals surface area contributed by atoms with E-state index in [9.17, 15) is 4.57 Å². The summed E-state index contributed by atoms with van der Waals surface area (Å²) in [6, 6.07) is 34.2. The number of hydrogen-bond acceptors (Lipinski definition) is 6. The molecule has 0 amide bonds. The van der Waals surface area contributed by atoms with Crippen molar-refractivity contribution in [3.8, 4) is 11.5 Å². The van der Waals surface area contributed by atoms with Gasteiger partial charge in [-0.05, 0) is 47.4 Å². The van der Waals surface area contributed by atoms with Crippen LogP contribution in [-0.4, -0.2) is 6.54 Å². The smallest absolute Gasteiger partial charge is 0.485 e. The van der Waals surface area contributed by atoms with Crippen LogP contribution in [-0.2, 0) is 39.9 Å². The second-order valence-electron chi connectivity index (χ2n) is 8.15. The quantitative estimate of drug-likeness (QED) is 0.205. The lowest BCUT2D eigenvalue weighted by Gasteiger charge is -2.21. The van der Waals surface area contributed by atoms with Gasteiger partial charge in [0, 0.05) is 0 Å². The highest BCUT2D eigenvalue weighted by Crippen LogP contribution is 2.53. The summed E-state index contributed by atoms with van der Waals surface area (Å²) < 4.78 is 37.4. The Bertz CT molecular complexity index is 1210. The van der Waals surface area contributed by atoms with E-state index in [1.54, 1.807) is 6.07 Å². The summed E-state index contributed by atoms with van der Waals surface area (Å²) in [5.74, 6) is 0.716. The van der Waals surface area contributed by atoms with Crippen molar-refractivity contribution < 1.29 is 22.9 Å². The zero-order chi connectivity index (χ0) is 25.1. The second kappa shape index (κ2) is 13.1. The van der Waals surface area contributed by atoms with Crippen LogP contribution in [0.5, 0.6) is 11.5 Å². The molecule has 4 aromatic carbocycles. The zero-order valence-electron chi connectivity index (χ0n) is 20.0. The lowest BCUT2D eigenvalue weighted by atomic mass is 10.1. The van der Waals surface area contributed by atoms with Crippen LogP contribution in [0.25, 0.3) is 0 Å². The highest BCUT2D eigenvalue weighted by Gasteiger charge is 2.30. The van der Waals surface area contributed by atoms with Gasteiger partial charge < -0.3 is 15.0 Å². The molecular weight excluding hydrogens is 473 g/mol. The van der Waals surface area contributed by atoms with Crippen molar-refractivity contribution in [2.75, 3.05) is 6.54 Å². The molecule has 186 valence electrons. The summed E-state index contributed by atoms with van der Waals surface area (Å²) in [7, 11) is -4.03. The van der Waals surface area contributed by atoms with Crippen molar-refractivity contribution in [1.29, 1.82) is 0 Å². The Kier molecular flexibility index (Phi) is 9.31. The minimum Gasteiger partial charge on any atom is -0.485 e. The van der Waals surface area contributed by atoms with E-state index in [4.69, 9.17) is 24.0 Å². The molecule has 0 bridgehead atoms. The van der Waals surface area contributed by atoms with Crippen LogP contribution in [0, 0.1) is 0 Å². The first kappa shape index (κ1) is 25.7. The van der Waals surface area contributed by atoms with Gasteiger partial charge in [0.25, 0.3) is 0 Å². The van der Waals surface area contributed by atoms with Crippen LogP contribution in [0.4, 0.5) is 0 Å². The number of phosphoric ester groups is 1. The van der Waals surface area contributed by atoms with Crippen molar-refractivity contribution in [3.05, 3.63) is 131 Å². The number of hydrogen-bond donors (Lipinski definition) is 1. The predicted octanol–water partition coefficient (Wildman–Crippen LogP) is 6.69. The molecule has 4 aromatic rings. The molecule has 6 nitrogen and oxygen atoms in total. The van der Waals surface area contributed by atoms with E-state index in [1.807, 2.05) is 103 Å². The van der Waals surface area contributed by atoms with E-state index < -0.39 is 7.82 Å². The summed E-state index contributed by atoms with van der Waals surface area (Å²) in [5.41, 5.74) is 9.43. The molecule has 0 saturated carbocycles. The fourth-order valence-electron chi connectivity index (χ4n) is 3.46. The molecule has 36 heavy (non-hydrogen) atoms. The molecule has 0 aliphatic heterocycles. The first-order valence-corrected chi connectivity index (χ1v) is 13.3. The molecule has 0 aliphatic rings. The number of phosphoric acid groups is 1. The third kappa shape index (κ3) is 7.80. The van der Waals surface area contributed by atoms with Crippen LogP contribution < -0.4 is 15.0 Å². The van der Waals surface area contributed by atoms with Crippen molar-refractivity contribution in [3.63, 3.8) is 0 Å². The Morgan fingerprint density at radius 3 is 1.58 bits per heavy atom. The Labute approximate surface area is 212 Å². The fourth-order valence-corrected chi connectivity index (χ4v) is 4.65. The molecule has 7 heteroatoms. The van der Waals surface area contributed by atoms with Gasteiger partial charge >= 0.3 is 7.82 Å². The first-order valence-electron chi connectivity index (χ1n) is 11.8. The van der Waals surface area contributed by atoms with E-state index in [2.05, 4.69) is 0 Å². The minimum absolute atomic E-state index is 0.0678. The van der Waals surface area contributed by atoms with Crippen LogP contribution in [0.3, 0.4) is 0 Å². The van der Waals surface area contributed by atoms with Gasteiger partial charge in [-0.1, -0.05) is 97.1 Å². The monoisotopic (exact) mass is 503 g/mol. The Hall–Kier alpha value is -3.41. The van der Waals surface area contributed by atoms with E-state index >= 15 is 0 Å². The van der Waals surface area contributed by atoms with E-state index in [-0.39, 0.29) is 19.0 Å². The number of benzene rings is 4. The van der Waals surface area contributed by atoms with Crippen molar-refractivity contribution >= 4 is 7.82 Å². The summed E-state index contributed by atoms with van der Waals surface area (Å²) in [6.07, 6.45) is 0.675. The lowest BCUT2D eigenvalue weighted by molar-refractivity contribution is 0.141. The topological polar surface area (TPSA) is 80.0 Å². The largest absolute Gasteiger partial charge is 0.530 e. The van der Waals surface area contributed by atoms with E-state index in [0.29, 0.717) is 25.3 Å². The lowest BCUT2D eigenvalue weighted by Crippen LogP contribution is -2.06. The summed E-state index contributed by atoms with van der Waals surface area (Å²) in [4.78, 5) is 0. The normalized spacial score (nSPS) is 11.2. The van der Waals surface area contributed by atoms with Crippen LogP contribution in [0.2, 0.25) is 0 Å².